The van der Waals surface area contributed by atoms with Gasteiger partial charge in [-0.15, -0.1) is 22.8 Å². The minimum Gasteiger partial charge on any atom is -0.258 e. The Hall–Kier alpha value is 0.1000. The van der Waals surface area contributed by atoms with Crippen molar-refractivity contribution in [3.8, 4) is 0 Å². The normalized spacial score (nSPS) is 16.8. The molecule has 0 aliphatic carbocycles. The fraction of sp³-hybridized carbons (Fsp3) is 0.250. The number of benzene rings is 1. The van der Waals surface area contributed by atoms with Crippen molar-refractivity contribution in [1.82, 2.24) is 0 Å². The van der Waals surface area contributed by atoms with Crippen LogP contribution in [0.5, 0.6) is 0 Å². The highest BCUT2D eigenvalue weighted by Gasteiger charge is 2.17. The van der Waals surface area contributed by atoms with Gasteiger partial charge in [0, 0.05) is 28.5 Å². The molecule has 1 aromatic rings. The Balaban J connectivity index is 2.00. The van der Waals surface area contributed by atoms with Gasteiger partial charge in [-0.05, 0) is 12.1 Å². The van der Waals surface area contributed by atoms with Crippen LogP contribution in [0.4, 0.5) is 5.69 Å². The van der Waals surface area contributed by atoms with E-state index >= 15 is 0 Å². The summed E-state index contributed by atoms with van der Waals surface area (Å²) in [5.41, 5.74) is 0.0994. The molecule has 1 aliphatic rings. The van der Waals surface area contributed by atoms with E-state index in [-0.39, 0.29) is 16.1 Å². The Kier molecular flexibility index (Phi) is 4.20. The van der Waals surface area contributed by atoms with Crippen molar-refractivity contribution in [2.45, 2.75) is 4.90 Å². The van der Waals surface area contributed by atoms with E-state index in [1.54, 1.807) is 12.1 Å². The van der Waals surface area contributed by atoms with Crippen LogP contribution in [0.15, 0.2) is 29.2 Å². The molecule has 0 unspecified atom stereocenters. The van der Waals surface area contributed by atoms with E-state index in [4.69, 9.17) is 0 Å². The third-order valence-electron chi connectivity index (χ3n) is 1.70. The zero-order chi connectivity index (χ0) is 10.7. The largest absolute Gasteiger partial charge is 0.269 e. The molecule has 0 atom stereocenters. The number of rotatable bonds is 3. The van der Waals surface area contributed by atoms with Gasteiger partial charge in [-0.1, -0.05) is 11.4 Å². The van der Waals surface area contributed by atoms with E-state index in [1.165, 1.54) is 11.5 Å². The molecule has 1 fully saturated rings. The molecule has 7 heteroatoms. The van der Waals surface area contributed by atoms with Crippen molar-refractivity contribution in [2.75, 3.05) is 11.5 Å². The number of nitro benzene ring substituents is 1. The van der Waals surface area contributed by atoms with Crippen molar-refractivity contribution in [3.05, 3.63) is 34.4 Å². The molecule has 0 aromatic heterocycles. The molecule has 0 N–H and O–H groups in total. The minimum atomic E-state index is -0.362. The third-order valence-corrected chi connectivity index (χ3v) is 12.4. The van der Waals surface area contributed by atoms with Gasteiger partial charge in [-0.3, -0.25) is 10.1 Å². The van der Waals surface area contributed by atoms with Gasteiger partial charge in [0.15, 0.2) is 0 Å². The summed E-state index contributed by atoms with van der Waals surface area (Å²) in [4.78, 5) is 11.2. The zero-order valence-electron chi connectivity index (χ0n) is 7.66. The topological polar surface area (TPSA) is 43.1 Å². The molecule has 80 valence electrons. The van der Waals surface area contributed by atoms with E-state index in [0.29, 0.717) is 0 Å². The first-order valence-corrected chi connectivity index (χ1v) is 10.2. The van der Waals surface area contributed by atoms with Crippen LogP contribution in [0.1, 0.15) is 0 Å². The lowest BCUT2D eigenvalue weighted by molar-refractivity contribution is -0.384. The Labute approximate surface area is 101 Å². The Morgan fingerprint density at radius 2 is 1.87 bits per heavy atom. The lowest BCUT2D eigenvalue weighted by Gasteiger charge is -2.05. The molecule has 0 radical (unpaired) electrons. The van der Waals surface area contributed by atoms with Gasteiger partial charge in [-0.25, -0.2) is 0 Å². The van der Waals surface area contributed by atoms with Crippen LogP contribution in [-0.4, -0.2) is 16.4 Å². The number of hydrogen-bond acceptors (Lipinski definition) is 5. The van der Waals surface area contributed by atoms with Gasteiger partial charge >= 0.3 is 0 Å². The van der Waals surface area contributed by atoms with Crippen LogP contribution < -0.4 is 0 Å². The minimum absolute atomic E-state index is 0.0662. The summed E-state index contributed by atoms with van der Waals surface area (Å²) in [6.07, 6.45) is 0. The van der Waals surface area contributed by atoms with Gasteiger partial charge in [-0.2, -0.15) is 0 Å². The standard InChI is InChI=1S/C8H8NO2PS3/c10-9(11)7-1-3-8(4-2-7)15-12-13-5-6-14-12/h1-4H,5-6H2. The van der Waals surface area contributed by atoms with Crippen LogP contribution >= 0.6 is 39.7 Å². The highest BCUT2D eigenvalue weighted by molar-refractivity contribution is 9.13. The number of hydrogen-bond donors (Lipinski definition) is 0. The summed E-state index contributed by atoms with van der Waals surface area (Å²) in [5.74, 6) is 2.46. The van der Waals surface area contributed by atoms with Crippen LogP contribution in [0.2, 0.25) is 0 Å². The van der Waals surface area contributed by atoms with Gasteiger partial charge in [0.1, 0.15) is 0 Å². The van der Waals surface area contributed by atoms with Crippen LogP contribution in [0.25, 0.3) is 0 Å². The molecular formula is C8H8NO2PS3. The van der Waals surface area contributed by atoms with Gasteiger partial charge < -0.3 is 0 Å². The lowest BCUT2D eigenvalue weighted by atomic mass is 10.3. The molecule has 1 saturated heterocycles. The molecule has 0 spiro atoms. The van der Waals surface area contributed by atoms with E-state index in [9.17, 15) is 10.1 Å². The Morgan fingerprint density at radius 3 is 2.40 bits per heavy atom. The SMILES string of the molecule is O=[N+]([O-])c1ccc(SP2SCCS2)cc1. The highest BCUT2D eigenvalue weighted by Crippen LogP contribution is 2.75. The lowest BCUT2D eigenvalue weighted by Crippen LogP contribution is -1.85. The van der Waals surface area contributed by atoms with Crippen molar-refractivity contribution in [1.29, 1.82) is 0 Å². The number of nitro groups is 1. The molecule has 0 saturated carbocycles. The molecule has 0 amide bonds. The summed E-state index contributed by atoms with van der Waals surface area (Å²) in [5, 5.41) is 10.5. The monoisotopic (exact) mass is 277 g/mol. The maximum atomic E-state index is 10.5. The molecule has 1 aromatic carbocycles. The average Bonchev–Trinajstić information content (AvgIpc) is 2.71. The molecule has 1 aliphatic heterocycles. The predicted octanol–water partition coefficient (Wildman–Crippen LogP) is 4.39. The predicted molar refractivity (Wildman–Crippen MR) is 70.8 cm³/mol. The zero-order valence-corrected chi connectivity index (χ0v) is 11.0. The molecular weight excluding hydrogens is 269 g/mol. The van der Waals surface area contributed by atoms with Crippen molar-refractivity contribution in [3.63, 3.8) is 0 Å². The fourth-order valence-corrected chi connectivity index (χ4v) is 12.0. The van der Waals surface area contributed by atoms with E-state index in [1.807, 2.05) is 46.3 Å². The van der Waals surface area contributed by atoms with Gasteiger partial charge in [0.25, 0.3) is 5.69 Å². The molecule has 2 rings (SSSR count). The van der Waals surface area contributed by atoms with Crippen LogP contribution in [0.3, 0.4) is 0 Å². The summed E-state index contributed by atoms with van der Waals surface area (Å²) < 4.78 is 0. The van der Waals surface area contributed by atoms with Gasteiger partial charge in [0.05, 0.1) is 10.5 Å². The molecule has 3 nitrogen and oxygen atoms in total. The Bertz CT molecular complexity index is 353. The van der Waals surface area contributed by atoms with Crippen molar-refractivity contribution < 1.29 is 4.92 Å². The third kappa shape index (κ3) is 3.28. The smallest absolute Gasteiger partial charge is 0.258 e. The highest BCUT2D eigenvalue weighted by atomic mass is 33.4. The molecule has 15 heavy (non-hydrogen) atoms. The van der Waals surface area contributed by atoms with E-state index in [0.717, 1.165) is 4.90 Å². The quantitative estimate of drug-likeness (QED) is 0.465. The second-order valence-corrected chi connectivity index (χ2v) is 12.6. The fourth-order valence-electron chi connectivity index (χ4n) is 1.03. The Morgan fingerprint density at radius 1 is 1.27 bits per heavy atom. The van der Waals surface area contributed by atoms with Crippen LogP contribution in [-0.2, 0) is 0 Å². The first kappa shape index (κ1) is 11.6. The summed E-state index contributed by atoms with van der Waals surface area (Å²) >= 11 is 5.85. The molecule has 1 heterocycles. The second kappa shape index (κ2) is 5.43. The maximum absolute atomic E-state index is 10.5. The second-order valence-electron chi connectivity index (χ2n) is 2.73. The summed E-state index contributed by atoms with van der Waals surface area (Å²) in [6.45, 7) is 0. The first-order chi connectivity index (χ1) is 7.25. The molecule has 0 bridgehead atoms. The average molecular weight is 277 g/mol. The maximum Gasteiger partial charge on any atom is 0.269 e. The summed E-state index contributed by atoms with van der Waals surface area (Å²) in [7, 11) is 0. The van der Waals surface area contributed by atoms with Crippen molar-refractivity contribution in [2.24, 2.45) is 0 Å². The van der Waals surface area contributed by atoms with E-state index in [2.05, 4.69) is 0 Å². The van der Waals surface area contributed by atoms with Crippen molar-refractivity contribution >= 4 is 45.4 Å². The van der Waals surface area contributed by atoms with E-state index < -0.39 is 0 Å². The van der Waals surface area contributed by atoms with Crippen LogP contribution in [0, 0.1) is 10.1 Å². The number of non-ortho nitro benzene ring substituents is 1. The number of nitrogens with zero attached hydrogens (tertiary/aromatic N) is 1. The first-order valence-electron chi connectivity index (χ1n) is 4.24. The van der Waals surface area contributed by atoms with Gasteiger partial charge in [0.2, 0.25) is 0 Å². The summed E-state index contributed by atoms with van der Waals surface area (Å²) in [6, 6.07) is 6.82.